The summed E-state index contributed by atoms with van der Waals surface area (Å²) in [5.74, 6) is -3.04. The van der Waals surface area contributed by atoms with Crippen molar-refractivity contribution in [3.05, 3.63) is 18.6 Å². The van der Waals surface area contributed by atoms with Gasteiger partial charge in [-0.15, -0.1) is 0 Å². The molecule has 1 radical (unpaired) electrons. The molecule has 127 valence electrons. The van der Waals surface area contributed by atoms with Crippen molar-refractivity contribution in [2.24, 2.45) is 0 Å². The molecule has 2 saturated heterocycles. The molecule has 0 N–H and O–H groups in total. The molecule has 2 aliphatic heterocycles. The molecular formula is C17H24F2N3O. The van der Waals surface area contributed by atoms with Crippen LogP contribution < -0.4 is 0 Å². The third-order valence-corrected chi connectivity index (χ3v) is 4.72. The van der Waals surface area contributed by atoms with Crippen molar-refractivity contribution in [1.29, 1.82) is 5.26 Å². The first-order chi connectivity index (χ1) is 10.7. The predicted molar refractivity (Wildman–Crippen MR) is 83.6 cm³/mol. The zero-order valence-corrected chi connectivity index (χ0v) is 13.8. The zero-order chi connectivity index (χ0) is 17.3. The average Bonchev–Trinajstić information content (AvgIpc) is 2.86. The maximum atomic E-state index is 13.4. The Labute approximate surface area is 136 Å². The first-order valence-electron chi connectivity index (χ1n) is 8.06. The number of amides is 1. The van der Waals surface area contributed by atoms with Crippen LogP contribution in [0.2, 0.25) is 0 Å². The van der Waals surface area contributed by atoms with Gasteiger partial charge in [0.2, 0.25) is 0 Å². The minimum absolute atomic E-state index is 0.0146. The van der Waals surface area contributed by atoms with Crippen LogP contribution in [0.15, 0.2) is 11.6 Å². The molecule has 0 saturated carbocycles. The van der Waals surface area contributed by atoms with E-state index in [1.807, 2.05) is 6.07 Å². The Morgan fingerprint density at radius 3 is 2.61 bits per heavy atom. The first kappa shape index (κ1) is 17.9. The Kier molecular flexibility index (Phi) is 5.10. The largest absolute Gasteiger partial charge is 0.335 e. The Morgan fingerprint density at radius 1 is 1.39 bits per heavy atom. The Hall–Kier alpha value is -1.48. The highest BCUT2D eigenvalue weighted by Crippen LogP contribution is 2.33. The van der Waals surface area contributed by atoms with Crippen molar-refractivity contribution >= 4 is 5.91 Å². The van der Waals surface area contributed by atoms with E-state index in [1.54, 1.807) is 23.6 Å². The van der Waals surface area contributed by atoms with E-state index in [-0.39, 0.29) is 37.0 Å². The SMILES string of the molecule is [CH2][C@@H]1CCCCN1C(=O)/C(C#N)=C/C(C)(C)N1CCC(F)(F)C1. The number of alkyl halides is 2. The van der Waals surface area contributed by atoms with Gasteiger partial charge in [-0.2, -0.15) is 5.26 Å². The average molecular weight is 324 g/mol. The molecule has 1 amide bonds. The topological polar surface area (TPSA) is 47.3 Å². The highest BCUT2D eigenvalue weighted by molar-refractivity contribution is 5.97. The third-order valence-electron chi connectivity index (χ3n) is 4.72. The van der Waals surface area contributed by atoms with E-state index >= 15 is 0 Å². The van der Waals surface area contributed by atoms with Gasteiger partial charge in [0.1, 0.15) is 11.6 Å². The van der Waals surface area contributed by atoms with Gasteiger partial charge in [-0.25, -0.2) is 8.78 Å². The van der Waals surface area contributed by atoms with E-state index in [4.69, 9.17) is 0 Å². The molecular weight excluding hydrogens is 300 g/mol. The summed E-state index contributed by atoms with van der Waals surface area (Å²) >= 11 is 0. The molecule has 0 unspecified atom stereocenters. The second kappa shape index (κ2) is 6.56. The number of carbonyl (C=O) groups is 1. The highest BCUT2D eigenvalue weighted by atomic mass is 19.3. The summed E-state index contributed by atoms with van der Waals surface area (Å²) in [5, 5.41) is 9.37. The van der Waals surface area contributed by atoms with Crippen molar-refractivity contribution in [2.75, 3.05) is 19.6 Å². The summed E-state index contributed by atoms with van der Waals surface area (Å²) in [4.78, 5) is 15.8. The molecule has 23 heavy (non-hydrogen) atoms. The van der Waals surface area contributed by atoms with E-state index in [9.17, 15) is 18.8 Å². The molecule has 0 spiro atoms. The molecule has 0 aliphatic carbocycles. The molecule has 1 atom stereocenters. The van der Waals surface area contributed by atoms with Gasteiger partial charge < -0.3 is 4.90 Å². The van der Waals surface area contributed by atoms with Crippen LogP contribution in [-0.4, -0.2) is 52.8 Å². The van der Waals surface area contributed by atoms with Gasteiger partial charge in [0.25, 0.3) is 11.8 Å². The van der Waals surface area contributed by atoms with Crippen LogP contribution >= 0.6 is 0 Å². The Bertz CT molecular complexity index is 536. The molecule has 6 heteroatoms. The van der Waals surface area contributed by atoms with Crippen LogP contribution in [0.5, 0.6) is 0 Å². The minimum Gasteiger partial charge on any atom is -0.335 e. The predicted octanol–water partition coefficient (Wildman–Crippen LogP) is 2.77. The van der Waals surface area contributed by atoms with Crippen LogP contribution in [0.1, 0.15) is 39.5 Å². The van der Waals surface area contributed by atoms with Crippen molar-refractivity contribution in [3.8, 4) is 6.07 Å². The first-order valence-corrected chi connectivity index (χ1v) is 8.06. The third kappa shape index (κ3) is 4.08. The summed E-state index contributed by atoms with van der Waals surface area (Å²) in [7, 11) is 0. The lowest BCUT2D eigenvalue weighted by atomic mass is 9.97. The van der Waals surface area contributed by atoms with Crippen molar-refractivity contribution in [3.63, 3.8) is 0 Å². The van der Waals surface area contributed by atoms with E-state index in [0.29, 0.717) is 6.54 Å². The number of halogens is 2. The van der Waals surface area contributed by atoms with Crippen molar-refractivity contribution in [1.82, 2.24) is 9.80 Å². The number of hydrogen-bond donors (Lipinski definition) is 0. The quantitative estimate of drug-likeness (QED) is 0.592. The highest BCUT2D eigenvalue weighted by Gasteiger charge is 2.43. The van der Waals surface area contributed by atoms with E-state index in [0.717, 1.165) is 19.3 Å². The summed E-state index contributed by atoms with van der Waals surface area (Å²) in [5.41, 5.74) is -0.756. The fraction of sp³-hybridized carbons (Fsp3) is 0.706. The van der Waals surface area contributed by atoms with E-state index in [1.165, 1.54) is 6.08 Å². The number of nitriles is 1. The summed E-state index contributed by atoms with van der Waals surface area (Å²) in [6, 6.07) is 1.82. The van der Waals surface area contributed by atoms with Gasteiger partial charge in [-0.3, -0.25) is 9.69 Å². The summed E-state index contributed by atoms with van der Waals surface area (Å²) in [6.07, 6.45) is 4.09. The lowest BCUT2D eigenvalue weighted by molar-refractivity contribution is -0.129. The number of nitrogens with zero attached hydrogens (tertiary/aromatic N) is 3. The molecule has 0 aromatic heterocycles. The number of rotatable bonds is 3. The van der Waals surface area contributed by atoms with Gasteiger partial charge in [0, 0.05) is 31.1 Å². The van der Waals surface area contributed by atoms with Crippen LogP contribution in [0, 0.1) is 18.3 Å². The maximum absolute atomic E-state index is 13.4. The molecule has 2 aliphatic rings. The van der Waals surface area contributed by atoms with Gasteiger partial charge in [-0.1, -0.05) is 0 Å². The zero-order valence-electron chi connectivity index (χ0n) is 13.8. The molecule has 4 nitrogen and oxygen atoms in total. The molecule has 2 heterocycles. The van der Waals surface area contributed by atoms with Gasteiger partial charge >= 0.3 is 0 Å². The lowest BCUT2D eigenvalue weighted by Crippen LogP contribution is -2.45. The van der Waals surface area contributed by atoms with Crippen molar-refractivity contribution < 1.29 is 13.6 Å². The summed E-state index contributed by atoms with van der Waals surface area (Å²) in [6.45, 7) is 7.99. The number of likely N-dealkylation sites (tertiary alicyclic amines) is 2. The smallest absolute Gasteiger partial charge is 0.264 e. The van der Waals surface area contributed by atoms with Gasteiger partial charge in [0.05, 0.1) is 6.54 Å². The lowest BCUT2D eigenvalue weighted by Gasteiger charge is -2.35. The summed E-state index contributed by atoms with van der Waals surface area (Å²) < 4.78 is 26.9. The molecule has 0 aromatic rings. The Balaban J connectivity index is 2.17. The Morgan fingerprint density at radius 2 is 2.09 bits per heavy atom. The molecule has 0 bridgehead atoms. The molecule has 2 rings (SSSR count). The van der Waals surface area contributed by atoms with Gasteiger partial charge in [0.15, 0.2) is 0 Å². The van der Waals surface area contributed by atoms with Crippen LogP contribution in [0.3, 0.4) is 0 Å². The maximum Gasteiger partial charge on any atom is 0.264 e. The number of piperidine rings is 1. The van der Waals surface area contributed by atoms with Crippen LogP contribution in [-0.2, 0) is 4.79 Å². The fourth-order valence-corrected chi connectivity index (χ4v) is 3.24. The standard InChI is InChI=1S/C17H24F2N3O/c1-13-6-4-5-8-22(13)15(23)14(11-20)10-16(2,3)21-9-7-17(18,19)12-21/h10,13H,1,4-9,12H2,2-3H3/b14-10+/t13-/m1/s1. The fourth-order valence-electron chi connectivity index (χ4n) is 3.24. The van der Waals surface area contributed by atoms with Crippen molar-refractivity contribution in [2.45, 2.75) is 57.0 Å². The second-order valence-corrected chi connectivity index (χ2v) is 7.00. The van der Waals surface area contributed by atoms with E-state index < -0.39 is 11.5 Å². The molecule has 0 aromatic carbocycles. The van der Waals surface area contributed by atoms with E-state index in [2.05, 4.69) is 6.92 Å². The van der Waals surface area contributed by atoms with Crippen LogP contribution in [0.25, 0.3) is 0 Å². The monoisotopic (exact) mass is 324 g/mol. The van der Waals surface area contributed by atoms with Crippen LogP contribution in [0.4, 0.5) is 8.78 Å². The minimum atomic E-state index is -2.70. The normalized spacial score (nSPS) is 26.2. The van der Waals surface area contributed by atoms with Gasteiger partial charge in [-0.05, 0) is 46.1 Å². The number of carbonyl (C=O) groups excluding carboxylic acids is 1. The number of hydrogen-bond acceptors (Lipinski definition) is 3. The second-order valence-electron chi connectivity index (χ2n) is 7.00. The molecule has 2 fully saturated rings.